The topological polar surface area (TPSA) is 72.5 Å². The highest BCUT2D eigenvalue weighted by Gasteiger charge is 2.17. The van der Waals surface area contributed by atoms with Gasteiger partial charge in [0.1, 0.15) is 23.0 Å². The Morgan fingerprint density at radius 1 is 0.533 bits per heavy atom. The number of rotatable bonds is 6. The van der Waals surface area contributed by atoms with E-state index in [1.54, 1.807) is 60.7 Å². The maximum absolute atomic E-state index is 12.6. The van der Waals surface area contributed by atoms with Crippen LogP contribution in [0.1, 0.15) is 0 Å². The van der Waals surface area contributed by atoms with E-state index in [0.717, 1.165) is 0 Å². The van der Waals surface area contributed by atoms with Gasteiger partial charge in [-0.3, -0.25) is 5.11 Å². The minimum Gasteiger partial charge on any atom is -0.457 e. The second-order valence-electron chi connectivity index (χ2n) is 6.36. The van der Waals surface area contributed by atoms with E-state index in [9.17, 15) is 13.5 Å². The lowest BCUT2D eigenvalue weighted by molar-refractivity contribution is 0.354. The molecule has 0 aliphatic carbocycles. The van der Waals surface area contributed by atoms with Crippen LogP contribution < -0.4 is 9.47 Å². The molecule has 6 heteroatoms. The molecule has 0 spiro atoms. The molecule has 0 unspecified atom stereocenters. The molecular weight excluding hydrogens is 400 g/mol. The SMILES string of the molecule is [O]c1ccc(Oc2ccc(Oc3ccc(S(=O)(=O)c4cc[c]cc4)cc3)cc2)cc1. The minimum atomic E-state index is -3.58. The van der Waals surface area contributed by atoms with E-state index in [2.05, 4.69) is 6.07 Å². The van der Waals surface area contributed by atoms with Crippen molar-refractivity contribution < 1.29 is 23.0 Å². The fourth-order valence-corrected chi connectivity index (χ4v) is 3.99. The Bertz CT molecular complexity index is 1220. The Labute approximate surface area is 174 Å². The van der Waals surface area contributed by atoms with Gasteiger partial charge in [0.15, 0.2) is 5.75 Å². The zero-order valence-electron chi connectivity index (χ0n) is 15.7. The van der Waals surface area contributed by atoms with E-state index in [1.807, 2.05) is 0 Å². The first-order valence-electron chi connectivity index (χ1n) is 9.05. The third-order valence-corrected chi connectivity index (χ3v) is 6.04. The molecule has 4 rings (SSSR count). The molecule has 5 nitrogen and oxygen atoms in total. The molecule has 0 atom stereocenters. The second-order valence-corrected chi connectivity index (χ2v) is 8.31. The highest BCUT2D eigenvalue weighted by atomic mass is 32.2. The van der Waals surface area contributed by atoms with Crippen LogP contribution in [0, 0.1) is 6.07 Å². The Kier molecular flexibility index (Phi) is 5.41. The first-order chi connectivity index (χ1) is 14.5. The molecule has 0 aliphatic rings. The van der Waals surface area contributed by atoms with Crippen molar-refractivity contribution in [1.82, 2.24) is 0 Å². The Morgan fingerprint density at radius 3 is 1.37 bits per heavy atom. The summed E-state index contributed by atoms with van der Waals surface area (Å²) in [5, 5.41) is 11.1. The molecule has 4 aromatic rings. The molecule has 148 valence electrons. The van der Waals surface area contributed by atoms with Crippen molar-refractivity contribution in [3.8, 4) is 28.7 Å². The molecule has 0 saturated heterocycles. The number of hydrogen-bond donors (Lipinski definition) is 0. The third kappa shape index (κ3) is 4.45. The van der Waals surface area contributed by atoms with Gasteiger partial charge in [0.2, 0.25) is 9.84 Å². The molecule has 0 heterocycles. The largest absolute Gasteiger partial charge is 0.457 e. The number of hydrogen-bond acceptors (Lipinski definition) is 4. The maximum atomic E-state index is 12.6. The van der Waals surface area contributed by atoms with Crippen molar-refractivity contribution in [3.05, 3.63) is 103 Å². The number of sulfone groups is 1. The summed E-state index contributed by atoms with van der Waals surface area (Å²) in [4.78, 5) is 0.407. The van der Waals surface area contributed by atoms with Crippen LogP contribution in [0.5, 0.6) is 28.7 Å². The molecule has 0 aromatic heterocycles. The lowest BCUT2D eigenvalue weighted by Crippen LogP contribution is -2.01. The standard InChI is InChI=1S/C24H16O5S/c25-18-6-8-19(9-7-18)28-20-10-12-21(13-11-20)29-22-14-16-24(17-15-22)30(26,27)23-4-2-1-3-5-23/h2-17H. The summed E-state index contributed by atoms with van der Waals surface area (Å²) in [6, 6.07) is 28.3. The Hall–Kier alpha value is -3.77. The molecule has 0 N–H and O–H groups in total. The molecule has 0 saturated carbocycles. The van der Waals surface area contributed by atoms with Gasteiger partial charge in [-0.15, -0.1) is 0 Å². The van der Waals surface area contributed by atoms with Crippen LogP contribution in [0.3, 0.4) is 0 Å². The summed E-state index contributed by atoms with van der Waals surface area (Å²) in [5.41, 5.74) is 0. The fourth-order valence-electron chi connectivity index (χ4n) is 2.73. The van der Waals surface area contributed by atoms with Gasteiger partial charge < -0.3 is 9.47 Å². The van der Waals surface area contributed by atoms with Gasteiger partial charge >= 0.3 is 0 Å². The average molecular weight is 416 g/mol. The maximum Gasteiger partial charge on any atom is 0.206 e. The van der Waals surface area contributed by atoms with Crippen molar-refractivity contribution in [3.63, 3.8) is 0 Å². The fraction of sp³-hybridized carbons (Fsp3) is 0. The molecule has 0 bridgehead atoms. The number of benzene rings is 4. The molecular formula is C24H16O5S. The van der Waals surface area contributed by atoms with E-state index in [1.165, 1.54) is 36.4 Å². The molecule has 0 amide bonds. The van der Waals surface area contributed by atoms with Gasteiger partial charge in [-0.25, -0.2) is 8.42 Å². The second kappa shape index (κ2) is 8.31. The van der Waals surface area contributed by atoms with Crippen LogP contribution in [0.25, 0.3) is 0 Å². The lowest BCUT2D eigenvalue weighted by Gasteiger charge is -2.09. The van der Waals surface area contributed by atoms with E-state index < -0.39 is 9.84 Å². The summed E-state index contributed by atoms with van der Waals surface area (Å²) in [7, 11) is -3.58. The molecule has 2 radical (unpaired) electrons. The summed E-state index contributed by atoms with van der Waals surface area (Å²) < 4.78 is 36.7. The van der Waals surface area contributed by atoms with Gasteiger partial charge in [0, 0.05) is 0 Å². The van der Waals surface area contributed by atoms with Crippen LogP contribution >= 0.6 is 0 Å². The summed E-state index contributed by atoms with van der Waals surface area (Å²) >= 11 is 0. The van der Waals surface area contributed by atoms with E-state index >= 15 is 0 Å². The Morgan fingerprint density at radius 2 is 0.900 bits per heavy atom. The quantitative estimate of drug-likeness (QED) is 0.384. The van der Waals surface area contributed by atoms with Crippen LogP contribution in [-0.2, 0) is 14.9 Å². The first-order valence-corrected chi connectivity index (χ1v) is 10.5. The van der Waals surface area contributed by atoms with E-state index in [0.29, 0.717) is 23.0 Å². The van der Waals surface area contributed by atoms with Gasteiger partial charge in [-0.1, -0.05) is 12.1 Å². The van der Waals surface area contributed by atoms with Crippen molar-refractivity contribution in [1.29, 1.82) is 0 Å². The van der Waals surface area contributed by atoms with Crippen LogP contribution in [0.4, 0.5) is 0 Å². The molecule has 30 heavy (non-hydrogen) atoms. The third-order valence-electron chi connectivity index (χ3n) is 4.25. The van der Waals surface area contributed by atoms with Crippen molar-refractivity contribution >= 4 is 9.84 Å². The van der Waals surface area contributed by atoms with Gasteiger partial charge in [0.25, 0.3) is 0 Å². The predicted molar refractivity (Wildman–Crippen MR) is 110 cm³/mol. The Balaban J connectivity index is 1.44. The van der Waals surface area contributed by atoms with Crippen LogP contribution in [0.15, 0.2) is 107 Å². The smallest absolute Gasteiger partial charge is 0.206 e. The monoisotopic (exact) mass is 416 g/mol. The zero-order chi connectivity index (χ0) is 21.0. The van der Waals surface area contributed by atoms with Gasteiger partial charge in [-0.2, -0.15) is 0 Å². The normalized spacial score (nSPS) is 11.1. The predicted octanol–water partition coefficient (Wildman–Crippen LogP) is 6.05. The summed E-state index contributed by atoms with van der Waals surface area (Å²) in [5.74, 6) is 2.17. The first kappa shape index (κ1) is 19.5. The van der Waals surface area contributed by atoms with E-state index in [-0.39, 0.29) is 15.5 Å². The zero-order valence-corrected chi connectivity index (χ0v) is 16.5. The summed E-state index contributed by atoms with van der Waals surface area (Å²) in [6.45, 7) is 0. The van der Waals surface area contributed by atoms with Crippen molar-refractivity contribution in [2.45, 2.75) is 9.79 Å². The molecule has 0 fully saturated rings. The van der Waals surface area contributed by atoms with Crippen LogP contribution in [0.2, 0.25) is 0 Å². The highest BCUT2D eigenvalue weighted by Crippen LogP contribution is 2.29. The average Bonchev–Trinajstić information content (AvgIpc) is 2.78. The van der Waals surface area contributed by atoms with E-state index in [4.69, 9.17) is 9.47 Å². The van der Waals surface area contributed by atoms with Crippen molar-refractivity contribution in [2.24, 2.45) is 0 Å². The van der Waals surface area contributed by atoms with Gasteiger partial charge in [-0.05, 0) is 91.0 Å². The van der Waals surface area contributed by atoms with Gasteiger partial charge in [0.05, 0.1) is 9.79 Å². The summed E-state index contributed by atoms with van der Waals surface area (Å²) in [6.07, 6.45) is 0. The number of ether oxygens (including phenoxy) is 2. The lowest BCUT2D eigenvalue weighted by atomic mass is 10.3. The highest BCUT2D eigenvalue weighted by molar-refractivity contribution is 7.91. The van der Waals surface area contributed by atoms with Crippen LogP contribution in [-0.4, -0.2) is 8.42 Å². The van der Waals surface area contributed by atoms with Crippen molar-refractivity contribution in [2.75, 3.05) is 0 Å². The molecule has 0 aliphatic heterocycles. The minimum absolute atomic E-state index is 0.0767. The molecule has 4 aromatic carbocycles.